The molecule has 176 valence electrons. The van der Waals surface area contributed by atoms with Crippen molar-refractivity contribution in [3.63, 3.8) is 0 Å². The number of ether oxygens (including phenoxy) is 1. The van der Waals surface area contributed by atoms with E-state index in [0.717, 1.165) is 18.4 Å². The first kappa shape index (κ1) is 22.1. The Balaban J connectivity index is 1.15. The molecule has 3 fully saturated rings. The SMILES string of the molecule is CC(C)(C)Cc1nnc(-c2ccc(C3CN(C(=O)N4CC[C@@H]5OCC(=O)C[C@@H]5C4)C3)cc2)o1. The van der Waals surface area contributed by atoms with Crippen molar-refractivity contribution in [1.82, 2.24) is 20.0 Å². The zero-order valence-electron chi connectivity index (χ0n) is 19.6. The molecule has 3 aliphatic rings. The van der Waals surface area contributed by atoms with Gasteiger partial charge in [-0.25, -0.2) is 4.79 Å². The molecule has 0 N–H and O–H groups in total. The maximum Gasteiger partial charge on any atom is 0.320 e. The summed E-state index contributed by atoms with van der Waals surface area (Å²) in [5.41, 5.74) is 2.21. The quantitative estimate of drug-likeness (QED) is 0.708. The van der Waals surface area contributed by atoms with Crippen LogP contribution in [0.25, 0.3) is 11.5 Å². The Hall–Kier alpha value is -2.74. The van der Waals surface area contributed by atoms with Crippen LogP contribution in [0.5, 0.6) is 0 Å². The van der Waals surface area contributed by atoms with E-state index in [1.54, 1.807) is 0 Å². The summed E-state index contributed by atoms with van der Waals surface area (Å²) >= 11 is 0. The number of benzene rings is 1. The number of Topliss-reactive ketones (excluding diaryl/α,β-unsaturated/α-hetero) is 1. The van der Waals surface area contributed by atoms with Crippen LogP contribution < -0.4 is 0 Å². The molecular formula is C25H32N4O4. The Morgan fingerprint density at radius 2 is 1.85 bits per heavy atom. The summed E-state index contributed by atoms with van der Waals surface area (Å²) < 4.78 is 11.5. The van der Waals surface area contributed by atoms with Crippen LogP contribution in [0.3, 0.4) is 0 Å². The Kier molecular flexibility index (Phi) is 5.72. The summed E-state index contributed by atoms with van der Waals surface area (Å²) in [7, 11) is 0. The van der Waals surface area contributed by atoms with Crippen LogP contribution in [0.2, 0.25) is 0 Å². The number of hydrogen-bond acceptors (Lipinski definition) is 6. The van der Waals surface area contributed by atoms with Crippen LogP contribution in [0, 0.1) is 11.3 Å². The Labute approximate surface area is 194 Å². The number of fused-ring (bicyclic) bond motifs is 1. The van der Waals surface area contributed by atoms with E-state index in [9.17, 15) is 9.59 Å². The van der Waals surface area contributed by atoms with Gasteiger partial charge in [-0.2, -0.15) is 0 Å². The van der Waals surface area contributed by atoms with Crippen molar-refractivity contribution in [3.8, 4) is 11.5 Å². The van der Waals surface area contributed by atoms with E-state index in [2.05, 4.69) is 43.1 Å². The monoisotopic (exact) mass is 452 g/mol. The van der Waals surface area contributed by atoms with Gasteiger partial charge >= 0.3 is 6.03 Å². The Morgan fingerprint density at radius 1 is 1.09 bits per heavy atom. The minimum absolute atomic E-state index is 0.0802. The second-order valence-corrected chi connectivity index (χ2v) is 10.8. The maximum absolute atomic E-state index is 13.0. The first-order valence-corrected chi connectivity index (χ1v) is 11.8. The molecule has 2 amide bonds. The summed E-state index contributed by atoms with van der Waals surface area (Å²) in [6.45, 7) is 9.41. The van der Waals surface area contributed by atoms with Gasteiger partial charge in [0.1, 0.15) is 6.61 Å². The second-order valence-electron chi connectivity index (χ2n) is 10.8. The highest BCUT2D eigenvalue weighted by atomic mass is 16.5. The van der Waals surface area contributed by atoms with E-state index < -0.39 is 0 Å². The summed E-state index contributed by atoms with van der Waals surface area (Å²) in [6, 6.07) is 8.28. The molecule has 4 heterocycles. The van der Waals surface area contributed by atoms with E-state index in [-0.39, 0.29) is 35.9 Å². The first-order chi connectivity index (χ1) is 15.7. The molecule has 0 saturated carbocycles. The fourth-order valence-electron chi connectivity index (χ4n) is 4.99. The number of carbonyl (C=O) groups is 2. The Bertz CT molecular complexity index is 1020. The lowest BCUT2D eigenvalue weighted by atomic mass is 9.87. The highest BCUT2D eigenvalue weighted by Gasteiger charge is 2.40. The fraction of sp³-hybridized carbons (Fsp3) is 0.600. The van der Waals surface area contributed by atoms with Crippen molar-refractivity contribution in [3.05, 3.63) is 35.7 Å². The third-order valence-electron chi connectivity index (χ3n) is 6.81. The molecule has 33 heavy (non-hydrogen) atoms. The van der Waals surface area contributed by atoms with Crippen molar-refractivity contribution in [2.45, 2.75) is 52.1 Å². The second kappa shape index (κ2) is 8.56. The summed E-state index contributed by atoms with van der Waals surface area (Å²) in [4.78, 5) is 28.5. The molecule has 2 atom stereocenters. The van der Waals surface area contributed by atoms with Crippen molar-refractivity contribution in [2.75, 3.05) is 32.8 Å². The zero-order valence-corrected chi connectivity index (χ0v) is 19.6. The van der Waals surface area contributed by atoms with Crippen LogP contribution in [0.15, 0.2) is 28.7 Å². The number of ketones is 1. The molecule has 0 spiro atoms. The minimum Gasteiger partial charge on any atom is -0.421 e. The van der Waals surface area contributed by atoms with Crippen LogP contribution in [-0.2, 0) is 16.0 Å². The number of nitrogens with zero attached hydrogens (tertiary/aromatic N) is 4. The van der Waals surface area contributed by atoms with Gasteiger partial charge in [0.15, 0.2) is 5.78 Å². The number of rotatable bonds is 3. The van der Waals surface area contributed by atoms with Crippen LogP contribution in [-0.4, -0.2) is 70.7 Å². The lowest BCUT2D eigenvalue weighted by Gasteiger charge is -2.46. The third-order valence-corrected chi connectivity index (χ3v) is 6.81. The van der Waals surface area contributed by atoms with E-state index in [1.165, 1.54) is 5.56 Å². The highest BCUT2D eigenvalue weighted by Crippen LogP contribution is 2.32. The molecule has 0 bridgehead atoms. The molecule has 0 unspecified atom stereocenters. The largest absolute Gasteiger partial charge is 0.421 e. The van der Waals surface area contributed by atoms with Gasteiger partial charge < -0.3 is 19.0 Å². The molecule has 8 heteroatoms. The van der Waals surface area contributed by atoms with Crippen molar-refractivity contribution in [1.29, 1.82) is 0 Å². The van der Waals surface area contributed by atoms with Crippen molar-refractivity contribution >= 4 is 11.8 Å². The topological polar surface area (TPSA) is 88.8 Å². The van der Waals surface area contributed by atoms with E-state index >= 15 is 0 Å². The van der Waals surface area contributed by atoms with Gasteiger partial charge in [0.2, 0.25) is 11.8 Å². The fourth-order valence-corrected chi connectivity index (χ4v) is 4.99. The van der Waals surface area contributed by atoms with E-state index in [4.69, 9.17) is 9.15 Å². The smallest absolute Gasteiger partial charge is 0.320 e. The molecule has 0 aliphatic carbocycles. The number of aromatic nitrogens is 2. The van der Waals surface area contributed by atoms with Gasteiger partial charge in [-0.3, -0.25) is 4.79 Å². The number of carbonyl (C=O) groups excluding carboxylic acids is 2. The van der Waals surface area contributed by atoms with Gasteiger partial charge in [-0.05, 0) is 29.5 Å². The predicted octanol–water partition coefficient (Wildman–Crippen LogP) is 3.52. The molecular weight excluding hydrogens is 420 g/mol. The summed E-state index contributed by atoms with van der Waals surface area (Å²) in [5, 5.41) is 8.37. The highest BCUT2D eigenvalue weighted by molar-refractivity contribution is 5.81. The maximum atomic E-state index is 13.0. The molecule has 5 rings (SSSR count). The number of piperidine rings is 1. The van der Waals surface area contributed by atoms with Crippen LogP contribution in [0.1, 0.15) is 51.0 Å². The van der Waals surface area contributed by atoms with Gasteiger partial charge in [-0.1, -0.05) is 32.9 Å². The molecule has 2 aromatic rings. The molecule has 1 aromatic heterocycles. The van der Waals surface area contributed by atoms with Crippen molar-refractivity contribution in [2.24, 2.45) is 11.3 Å². The number of likely N-dealkylation sites (tertiary alicyclic amines) is 2. The van der Waals surface area contributed by atoms with Gasteiger partial charge in [0.25, 0.3) is 0 Å². The minimum atomic E-state index is 0.0802. The van der Waals surface area contributed by atoms with E-state index in [0.29, 0.717) is 50.3 Å². The molecule has 0 radical (unpaired) electrons. The zero-order chi connectivity index (χ0) is 23.2. The van der Waals surface area contributed by atoms with Gasteiger partial charge in [0, 0.05) is 56.4 Å². The first-order valence-electron chi connectivity index (χ1n) is 11.8. The normalized spacial score (nSPS) is 23.9. The predicted molar refractivity (Wildman–Crippen MR) is 122 cm³/mol. The van der Waals surface area contributed by atoms with Gasteiger partial charge in [0.05, 0.1) is 6.10 Å². The average molecular weight is 453 g/mol. The Morgan fingerprint density at radius 3 is 2.58 bits per heavy atom. The third kappa shape index (κ3) is 4.81. The summed E-state index contributed by atoms with van der Waals surface area (Å²) in [6.07, 6.45) is 2.21. The standard InChI is InChI=1S/C25H32N4O4/c1-25(2,3)11-22-26-27-23(33-22)17-6-4-16(5-7-17)19-13-29(14-19)24(31)28-9-8-21-18(12-28)10-20(30)15-32-21/h4-7,18-19,21H,8-15H2,1-3H3/t18-,21+/m1/s1. The molecule has 8 nitrogen and oxygen atoms in total. The average Bonchev–Trinajstić information content (AvgIpc) is 3.19. The lowest BCUT2D eigenvalue weighted by Crippen LogP contribution is -2.58. The lowest BCUT2D eigenvalue weighted by molar-refractivity contribution is -0.140. The number of amides is 2. The van der Waals surface area contributed by atoms with Crippen molar-refractivity contribution < 1.29 is 18.7 Å². The van der Waals surface area contributed by atoms with Crippen LogP contribution >= 0.6 is 0 Å². The van der Waals surface area contributed by atoms with E-state index in [1.807, 2.05) is 21.9 Å². The summed E-state index contributed by atoms with van der Waals surface area (Å²) in [5.74, 6) is 1.81. The van der Waals surface area contributed by atoms with Gasteiger partial charge in [-0.15, -0.1) is 10.2 Å². The molecule has 1 aromatic carbocycles. The number of urea groups is 1. The molecule has 3 aliphatic heterocycles. The number of hydrogen-bond donors (Lipinski definition) is 0. The van der Waals surface area contributed by atoms with Crippen LogP contribution in [0.4, 0.5) is 4.79 Å². The molecule has 3 saturated heterocycles.